The van der Waals surface area contributed by atoms with Gasteiger partial charge in [-0.05, 0) is 43.5 Å². The van der Waals surface area contributed by atoms with E-state index in [1.54, 1.807) is 6.07 Å². The Hall–Kier alpha value is -3.21. The smallest absolute Gasteiger partial charge is 0.312 e. The second kappa shape index (κ2) is 6.83. The first-order valence-corrected chi connectivity index (χ1v) is 8.83. The molecule has 2 aromatic heterocycles. The number of hydrogen-bond acceptors (Lipinski definition) is 3. The highest BCUT2D eigenvalue weighted by atomic mass is 19.1. The molecule has 136 valence electrons. The predicted molar refractivity (Wildman–Crippen MR) is 104 cm³/mol. The highest BCUT2D eigenvalue weighted by Gasteiger charge is 2.16. The van der Waals surface area contributed by atoms with Crippen LogP contribution in [0, 0.1) is 26.8 Å². The lowest BCUT2D eigenvalue weighted by molar-refractivity contribution is 0.435. The van der Waals surface area contributed by atoms with Crippen molar-refractivity contribution in [1.82, 2.24) is 14.5 Å². The van der Waals surface area contributed by atoms with Gasteiger partial charge >= 0.3 is 6.08 Å². The molecule has 0 saturated carbocycles. The van der Waals surface area contributed by atoms with Crippen LogP contribution in [0.3, 0.4) is 0 Å². The molecule has 2 aromatic carbocycles. The molecule has 0 atom stereocenters. The Kier molecular flexibility index (Phi) is 4.36. The van der Waals surface area contributed by atoms with Crippen LogP contribution in [0.25, 0.3) is 11.0 Å². The first kappa shape index (κ1) is 17.2. The average molecular weight is 361 g/mol. The molecule has 5 heteroatoms. The molecular formula is C22H20FN3O. The number of fused-ring (bicyclic) bond motifs is 1. The van der Waals surface area contributed by atoms with Gasteiger partial charge < -0.3 is 9.30 Å². The van der Waals surface area contributed by atoms with E-state index in [-0.39, 0.29) is 5.88 Å². The second-order valence-corrected chi connectivity index (χ2v) is 6.79. The number of nitrogens with zero attached hydrogens (tertiary/aromatic N) is 3. The van der Waals surface area contributed by atoms with E-state index in [0.717, 1.165) is 22.3 Å². The van der Waals surface area contributed by atoms with E-state index in [1.807, 2.05) is 74.0 Å². The zero-order valence-corrected chi connectivity index (χ0v) is 15.5. The van der Waals surface area contributed by atoms with Crippen molar-refractivity contribution in [2.24, 2.45) is 0 Å². The Morgan fingerprint density at radius 1 is 0.963 bits per heavy atom. The van der Waals surface area contributed by atoms with E-state index < -0.39 is 6.08 Å². The van der Waals surface area contributed by atoms with Gasteiger partial charge in [-0.15, -0.1) is 0 Å². The summed E-state index contributed by atoms with van der Waals surface area (Å²) in [6.45, 7) is 6.62. The lowest BCUT2D eigenvalue weighted by atomic mass is 10.1. The molecule has 0 amide bonds. The van der Waals surface area contributed by atoms with Crippen molar-refractivity contribution < 1.29 is 9.13 Å². The van der Waals surface area contributed by atoms with Crippen molar-refractivity contribution in [2.45, 2.75) is 27.3 Å². The molecule has 0 radical (unpaired) electrons. The average Bonchev–Trinajstić information content (AvgIpc) is 3.01. The Bertz CT molecular complexity index is 1100. The van der Waals surface area contributed by atoms with Gasteiger partial charge in [-0.2, -0.15) is 9.37 Å². The monoisotopic (exact) mass is 361 g/mol. The normalized spacial score (nSPS) is 11.1. The molecule has 4 nitrogen and oxygen atoms in total. The SMILES string of the molecule is Cc1cc(C)c(Oc2nc(F)nc3ccn(Cc4ccccc4)c23)c(C)c1. The summed E-state index contributed by atoms with van der Waals surface area (Å²) in [5, 5.41) is 0. The molecule has 0 bridgehead atoms. The summed E-state index contributed by atoms with van der Waals surface area (Å²) in [5.41, 5.74) is 5.47. The van der Waals surface area contributed by atoms with Crippen LogP contribution < -0.4 is 4.74 Å². The van der Waals surface area contributed by atoms with E-state index >= 15 is 0 Å². The number of rotatable bonds is 4. The fraction of sp³-hybridized carbons (Fsp3) is 0.182. The van der Waals surface area contributed by atoms with Crippen LogP contribution in [0.5, 0.6) is 11.6 Å². The maximum atomic E-state index is 14.0. The molecule has 0 spiro atoms. The van der Waals surface area contributed by atoms with Crippen molar-refractivity contribution in [3.63, 3.8) is 0 Å². The van der Waals surface area contributed by atoms with E-state index in [2.05, 4.69) is 9.97 Å². The number of ether oxygens (including phenoxy) is 1. The van der Waals surface area contributed by atoms with Gasteiger partial charge in [0.05, 0.1) is 5.52 Å². The van der Waals surface area contributed by atoms with Crippen molar-refractivity contribution in [3.8, 4) is 11.6 Å². The van der Waals surface area contributed by atoms with Crippen LogP contribution in [-0.4, -0.2) is 14.5 Å². The maximum Gasteiger partial charge on any atom is 0.312 e. The molecular weight excluding hydrogens is 341 g/mol. The topological polar surface area (TPSA) is 39.9 Å². The molecule has 2 heterocycles. The van der Waals surface area contributed by atoms with Crippen LogP contribution in [0.4, 0.5) is 4.39 Å². The Morgan fingerprint density at radius 2 is 1.67 bits per heavy atom. The Balaban J connectivity index is 1.81. The van der Waals surface area contributed by atoms with E-state index in [0.29, 0.717) is 23.3 Å². The number of aryl methyl sites for hydroxylation is 3. The number of benzene rings is 2. The molecule has 0 saturated heterocycles. The summed E-state index contributed by atoms with van der Waals surface area (Å²) in [6, 6.07) is 15.9. The summed E-state index contributed by atoms with van der Waals surface area (Å²) >= 11 is 0. The minimum Gasteiger partial charge on any atom is -0.436 e. The van der Waals surface area contributed by atoms with Gasteiger partial charge in [-0.25, -0.2) is 4.98 Å². The molecule has 27 heavy (non-hydrogen) atoms. The number of hydrogen-bond donors (Lipinski definition) is 0. The zero-order chi connectivity index (χ0) is 19.0. The van der Waals surface area contributed by atoms with Crippen molar-refractivity contribution >= 4 is 11.0 Å². The van der Waals surface area contributed by atoms with E-state index in [4.69, 9.17) is 4.74 Å². The Morgan fingerprint density at radius 3 is 2.37 bits per heavy atom. The van der Waals surface area contributed by atoms with Crippen LogP contribution in [0.15, 0.2) is 54.7 Å². The fourth-order valence-corrected chi connectivity index (χ4v) is 3.45. The molecule has 0 N–H and O–H groups in total. The highest BCUT2D eigenvalue weighted by molar-refractivity contribution is 5.81. The predicted octanol–water partition coefficient (Wildman–Crippen LogP) is 5.34. The Labute approximate surface area is 157 Å². The fourth-order valence-electron chi connectivity index (χ4n) is 3.45. The van der Waals surface area contributed by atoms with Crippen molar-refractivity contribution in [3.05, 3.63) is 83.1 Å². The van der Waals surface area contributed by atoms with Crippen LogP contribution in [0.2, 0.25) is 0 Å². The van der Waals surface area contributed by atoms with Gasteiger partial charge in [-0.3, -0.25) is 0 Å². The summed E-state index contributed by atoms with van der Waals surface area (Å²) in [6.07, 6.45) is 1.09. The molecule has 0 aliphatic heterocycles. The zero-order valence-electron chi connectivity index (χ0n) is 15.5. The van der Waals surface area contributed by atoms with Gasteiger partial charge in [0.1, 0.15) is 11.3 Å². The van der Waals surface area contributed by atoms with Gasteiger partial charge in [0, 0.05) is 12.7 Å². The van der Waals surface area contributed by atoms with Gasteiger partial charge in [0.15, 0.2) is 0 Å². The summed E-state index contributed by atoms with van der Waals surface area (Å²) in [4.78, 5) is 7.88. The second-order valence-electron chi connectivity index (χ2n) is 6.79. The lowest BCUT2D eigenvalue weighted by Gasteiger charge is -2.14. The molecule has 4 aromatic rings. The van der Waals surface area contributed by atoms with Crippen LogP contribution in [0.1, 0.15) is 22.3 Å². The summed E-state index contributed by atoms with van der Waals surface area (Å²) in [7, 11) is 0. The summed E-state index contributed by atoms with van der Waals surface area (Å²) in [5.74, 6) is 0.931. The maximum absolute atomic E-state index is 14.0. The van der Waals surface area contributed by atoms with Gasteiger partial charge in [0.25, 0.3) is 0 Å². The third kappa shape index (κ3) is 3.40. The molecule has 0 aliphatic carbocycles. The molecule has 0 aliphatic rings. The highest BCUT2D eigenvalue weighted by Crippen LogP contribution is 2.33. The van der Waals surface area contributed by atoms with Crippen molar-refractivity contribution in [2.75, 3.05) is 0 Å². The third-order valence-electron chi connectivity index (χ3n) is 4.55. The minimum absolute atomic E-state index is 0.230. The first-order chi connectivity index (χ1) is 13.0. The van der Waals surface area contributed by atoms with Crippen LogP contribution in [-0.2, 0) is 6.54 Å². The van der Waals surface area contributed by atoms with E-state index in [1.165, 1.54) is 0 Å². The number of aromatic nitrogens is 3. The summed E-state index contributed by atoms with van der Waals surface area (Å²) < 4.78 is 22.1. The molecule has 0 unspecified atom stereocenters. The standard InChI is InChI=1S/C22H20FN3O/c1-14-11-15(2)20(16(3)12-14)27-21-19-18(24-22(23)25-21)9-10-26(19)13-17-7-5-4-6-8-17/h4-12H,13H2,1-3H3. The first-order valence-electron chi connectivity index (χ1n) is 8.83. The molecule has 0 fully saturated rings. The van der Waals surface area contributed by atoms with Crippen molar-refractivity contribution in [1.29, 1.82) is 0 Å². The van der Waals surface area contributed by atoms with Gasteiger partial charge in [0.2, 0.25) is 5.88 Å². The lowest BCUT2D eigenvalue weighted by Crippen LogP contribution is -2.03. The third-order valence-corrected chi connectivity index (χ3v) is 4.55. The minimum atomic E-state index is -0.794. The largest absolute Gasteiger partial charge is 0.436 e. The van der Waals surface area contributed by atoms with Gasteiger partial charge in [-0.1, -0.05) is 48.0 Å². The quantitative estimate of drug-likeness (QED) is 0.461. The molecule has 4 rings (SSSR count). The van der Waals surface area contributed by atoms with E-state index in [9.17, 15) is 4.39 Å². The van der Waals surface area contributed by atoms with Crippen LogP contribution >= 0.6 is 0 Å². The number of halogens is 1.